The highest BCUT2D eigenvalue weighted by Gasteiger charge is 2.42. The summed E-state index contributed by atoms with van der Waals surface area (Å²) in [7, 11) is -3.36. The fourth-order valence-electron chi connectivity index (χ4n) is 3.21. The van der Waals surface area contributed by atoms with Crippen molar-refractivity contribution in [3.05, 3.63) is 36.3 Å². The lowest BCUT2D eigenvalue weighted by Gasteiger charge is -2.26. The zero-order valence-electron chi connectivity index (χ0n) is 16.1. The van der Waals surface area contributed by atoms with E-state index in [1.807, 2.05) is 19.1 Å². The van der Waals surface area contributed by atoms with Gasteiger partial charge in [0.1, 0.15) is 5.82 Å². The van der Waals surface area contributed by atoms with E-state index in [-0.39, 0.29) is 11.2 Å². The van der Waals surface area contributed by atoms with Gasteiger partial charge in [0.05, 0.1) is 16.6 Å². The molecule has 2 aliphatic rings. The van der Waals surface area contributed by atoms with Crippen LogP contribution in [0.25, 0.3) is 11.1 Å². The summed E-state index contributed by atoms with van der Waals surface area (Å²) in [6, 6.07) is 5.47. The molecule has 148 valence electrons. The Labute approximate surface area is 165 Å². The van der Waals surface area contributed by atoms with E-state index in [0.717, 1.165) is 36.8 Å². The molecular formula is C20H24N4O3S. The highest BCUT2D eigenvalue weighted by molar-refractivity contribution is 7.93. The first-order valence-corrected chi connectivity index (χ1v) is 11.1. The van der Waals surface area contributed by atoms with Gasteiger partial charge in [-0.05, 0) is 62.3 Å². The summed E-state index contributed by atoms with van der Waals surface area (Å²) in [5, 5.41) is 2.41. The van der Waals surface area contributed by atoms with Crippen molar-refractivity contribution in [2.24, 2.45) is 5.92 Å². The van der Waals surface area contributed by atoms with E-state index in [0.29, 0.717) is 29.7 Å². The molecule has 0 atom stereocenters. The fourth-order valence-corrected chi connectivity index (χ4v) is 5.18. The third-order valence-corrected chi connectivity index (χ3v) is 7.37. The van der Waals surface area contributed by atoms with Crippen molar-refractivity contribution in [1.82, 2.24) is 9.97 Å². The molecule has 0 aromatic carbocycles. The molecule has 2 heterocycles. The van der Waals surface area contributed by atoms with Crippen LogP contribution in [0, 0.1) is 12.8 Å². The molecule has 0 spiro atoms. The second-order valence-electron chi connectivity index (χ2n) is 7.66. The van der Waals surface area contributed by atoms with Gasteiger partial charge >= 0.3 is 0 Å². The largest absolute Gasteiger partial charge is 0.311 e. The third-order valence-electron chi connectivity index (χ3n) is 5.10. The van der Waals surface area contributed by atoms with Gasteiger partial charge in [-0.2, -0.15) is 0 Å². The predicted molar refractivity (Wildman–Crippen MR) is 109 cm³/mol. The number of hydrogen-bond acceptors (Lipinski definition) is 5. The van der Waals surface area contributed by atoms with E-state index < -0.39 is 10.0 Å². The van der Waals surface area contributed by atoms with Crippen LogP contribution in [0.5, 0.6) is 0 Å². The molecule has 2 aromatic heterocycles. The molecule has 2 aromatic rings. The minimum atomic E-state index is -3.36. The summed E-state index contributed by atoms with van der Waals surface area (Å²) in [6.45, 7) is 3.80. The molecule has 0 aliphatic heterocycles. The molecule has 28 heavy (non-hydrogen) atoms. The van der Waals surface area contributed by atoms with Crippen molar-refractivity contribution in [3.8, 4) is 11.1 Å². The van der Waals surface area contributed by atoms with Gasteiger partial charge < -0.3 is 5.32 Å². The highest BCUT2D eigenvalue weighted by atomic mass is 32.2. The first-order valence-electron chi connectivity index (χ1n) is 9.57. The van der Waals surface area contributed by atoms with Crippen molar-refractivity contribution in [2.45, 2.75) is 44.8 Å². The Morgan fingerprint density at radius 1 is 1.18 bits per heavy atom. The van der Waals surface area contributed by atoms with E-state index in [9.17, 15) is 13.2 Å². The van der Waals surface area contributed by atoms with E-state index in [1.165, 1.54) is 6.92 Å². The van der Waals surface area contributed by atoms with Crippen molar-refractivity contribution in [2.75, 3.05) is 16.2 Å². The molecule has 8 heteroatoms. The number of amides is 1. The van der Waals surface area contributed by atoms with E-state index in [1.54, 1.807) is 22.8 Å². The molecule has 7 nitrogen and oxygen atoms in total. The SMILES string of the molecule is CC(=O)Nc1cc(-c2cnc(C)c(N(CC3CC3)S(=O)(=O)C3CC3)c2)ccn1. The molecule has 0 radical (unpaired) electrons. The van der Waals surface area contributed by atoms with Gasteiger partial charge in [0.25, 0.3) is 0 Å². The van der Waals surface area contributed by atoms with Gasteiger partial charge in [-0.25, -0.2) is 13.4 Å². The summed E-state index contributed by atoms with van der Waals surface area (Å²) in [4.78, 5) is 19.9. The summed E-state index contributed by atoms with van der Waals surface area (Å²) in [5.41, 5.74) is 2.96. The summed E-state index contributed by atoms with van der Waals surface area (Å²) in [6.07, 6.45) is 6.97. The topological polar surface area (TPSA) is 92.3 Å². The second-order valence-corrected chi connectivity index (χ2v) is 9.80. The minimum Gasteiger partial charge on any atom is -0.311 e. The molecule has 2 fully saturated rings. The third kappa shape index (κ3) is 4.01. The van der Waals surface area contributed by atoms with Crippen LogP contribution in [0.3, 0.4) is 0 Å². The quantitative estimate of drug-likeness (QED) is 0.771. The van der Waals surface area contributed by atoms with Crippen molar-refractivity contribution < 1.29 is 13.2 Å². The Kier molecular flexibility index (Phi) is 4.82. The fraction of sp³-hybridized carbons (Fsp3) is 0.450. The average molecular weight is 401 g/mol. The van der Waals surface area contributed by atoms with Gasteiger partial charge in [0, 0.05) is 31.4 Å². The number of aromatic nitrogens is 2. The van der Waals surface area contributed by atoms with Crippen LogP contribution in [0.15, 0.2) is 30.6 Å². The highest BCUT2D eigenvalue weighted by Crippen LogP contribution is 2.39. The number of sulfonamides is 1. The summed E-state index contributed by atoms with van der Waals surface area (Å²) < 4.78 is 27.7. The van der Waals surface area contributed by atoms with Crippen LogP contribution >= 0.6 is 0 Å². The van der Waals surface area contributed by atoms with Crippen LogP contribution < -0.4 is 9.62 Å². The Morgan fingerprint density at radius 3 is 2.57 bits per heavy atom. The minimum absolute atomic E-state index is 0.196. The standard InChI is InChI=1S/C20H24N4O3S/c1-13-19(24(12-15-3-4-15)28(26,27)18-5-6-18)9-17(11-22-13)16-7-8-21-20(10-16)23-14(2)25/h7-11,15,18H,3-6,12H2,1-2H3,(H,21,23,25). The molecule has 1 N–H and O–H groups in total. The Hall–Kier alpha value is -2.48. The molecule has 2 aliphatic carbocycles. The van der Waals surface area contributed by atoms with Crippen molar-refractivity contribution in [1.29, 1.82) is 0 Å². The van der Waals surface area contributed by atoms with Gasteiger partial charge in [0.2, 0.25) is 15.9 Å². The number of rotatable bonds is 7. The van der Waals surface area contributed by atoms with Crippen LogP contribution in [-0.2, 0) is 14.8 Å². The van der Waals surface area contributed by atoms with E-state index in [2.05, 4.69) is 15.3 Å². The number of carbonyl (C=O) groups excluding carboxylic acids is 1. The maximum atomic E-state index is 13.1. The van der Waals surface area contributed by atoms with Crippen molar-refractivity contribution >= 4 is 27.4 Å². The average Bonchev–Trinajstić information content (AvgIpc) is 3.54. The normalized spacial score (nSPS) is 16.6. The number of hydrogen-bond donors (Lipinski definition) is 1. The first kappa shape index (κ1) is 18.9. The van der Waals surface area contributed by atoms with Crippen LogP contribution in [0.1, 0.15) is 38.3 Å². The molecular weight excluding hydrogens is 376 g/mol. The van der Waals surface area contributed by atoms with Crippen LogP contribution in [-0.4, -0.2) is 36.1 Å². The summed E-state index contributed by atoms with van der Waals surface area (Å²) >= 11 is 0. The number of anilines is 2. The lowest BCUT2D eigenvalue weighted by molar-refractivity contribution is -0.114. The van der Waals surface area contributed by atoms with Crippen LogP contribution in [0.4, 0.5) is 11.5 Å². The first-order chi connectivity index (χ1) is 13.3. The molecule has 0 unspecified atom stereocenters. The van der Waals surface area contributed by atoms with E-state index >= 15 is 0 Å². The number of aryl methyl sites for hydroxylation is 1. The van der Waals surface area contributed by atoms with Gasteiger partial charge in [0.15, 0.2) is 0 Å². The number of nitrogens with zero attached hydrogens (tertiary/aromatic N) is 3. The number of carbonyl (C=O) groups is 1. The molecule has 0 bridgehead atoms. The predicted octanol–water partition coefficient (Wildman–Crippen LogP) is 3.12. The maximum absolute atomic E-state index is 13.1. The van der Waals surface area contributed by atoms with E-state index in [4.69, 9.17) is 0 Å². The smallest absolute Gasteiger partial charge is 0.238 e. The Bertz CT molecular complexity index is 1010. The van der Waals surface area contributed by atoms with Crippen molar-refractivity contribution in [3.63, 3.8) is 0 Å². The molecule has 2 saturated carbocycles. The number of pyridine rings is 2. The maximum Gasteiger partial charge on any atom is 0.238 e. The Morgan fingerprint density at radius 2 is 1.93 bits per heavy atom. The molecule has 4 rings (SSSR count). The Balaban J connectivity index is 1.72. The van der Waals surface area contributed by atoms with Crippen LogP contribution in [0.2, 0.25) is 0 Å². The molecule has 1 amide bonds. The lowest BCUT2D eigenvalue weighted by Crippen LogP contribution is -2.36. The van der Waals surface area contributed by atoms with Gasteiger partial charge in [-0.3, -0.25) is 14.1 Å². The monoisotopic (exact) mass is 400 g/mol. The second kappa shape index (κ2) is 7.16. The summed E-state index contributed by atoms with van der Waals surface area (Å²) in [5.74, 6) is 0.690. The molecule has 0 saturated heterocycles. The zero-order chi connectivity index (χ0) is 19.9. The van der Waals surface area contributed by atoms with Gasteiger partial charge in [-0.15, -0.1) is 0 Å². The lowest BCUT2D eigenvalue weighted by atomic mass is 10.1. The number of nitrogens with one attached hydrogen (secondary N) is 1. The van der Waals surface area contributed by atoms with Gasteiger partial charge in [-0.1, -0.05) is 0 Å². The zero-order valence-corrected chi connectivity index (χ0v) is 16.9.